The van der Waals surface area contributed by atoms with Crippen LogP contribution in [0.3, 0.4) is 0 Å². The van der Waals surface area contributed by atoms with Crippen LogP contribution in [-0.2, 0) is 14.3 Å². The summed E-state index contributed by atoms with van der Waals surface area (Å²) < 4.78 is 10.9. The van der Waals surface area contributed by atoms with Crippen LogP contribution in [0, 0.1) is 11.8 Å². The van der Waals surface area contributed by atoms with Crippen LogP contribution in [0.4, 0.5) is 0 Å². The highest BCUT2D eigenvalue weighted by Crippen LogP contribution is 2.40. The summed E-state index contributed by atoms with van der Waals surface area (Å²) in [6, 6.07) is 9.01. The maximum Gasteiger partial charge on any atom is 0.331 e. The second kappa shape index (κ2) is 5.85. The fourth-order valence-corrected chi connectivity index (χ4v) is 3.22. The first-order valence-electron chi connectivity index (χ1n) is 7.21. The average molecular weight is 289 g/mol. The number of aliphatic hydroxyl groups is 1. The molecule has 1 aliphatic carbocycles. The Labute approximate surface area is 123 Å². The Morgan fingerprint density at radius 3 is 2.81 bits per heavy atom. The van der Waals surface area contributed by atoms with E-state index in [1.54, 1.807) is 0 Å². The molecule has 0 radical (unpaired) electrons. The van der Waals surface area contributed by atoms with Crippen LogP contribution >= 0.6 is 0 Å². The summed E-state index contributed by atoms with van der Waals surface area (Å²) in [5.41, 5.74) is 0.859. The quantitative estimate of drug-likeness (QED) is 0.854. The number of rotatable bonds is 3. The molecule has 2 aliphatic rings. The van der Waals surface area contributed by atoms with Crippen LogP contribution < -0.4 is 0 Å². The average Bonchev–Trinajstić information content (AvgIpc) is 2.97. The van der Waals surface area contributed by atoms with Crippen molar-refractivity contribution < 1.29 is 19.4 Å². The number of methoxy groups -OCH3 is 1. The van der Waals surface area contributed by atoms with Gasteiger partial charge in [-0.25, -0.2) is 9.79 Å². The third-order valence-corrected chi connectivity index (χ3v) is 4.30. The number of ether oxygens (including phenoxy) is 2. The SMILES string of the molecule is COC(=O)[C@@H]1N=C(c2ccccc2)O[C@H]2C[C@@H](CO)C[C@H]21. The maximum absolute atomic E-state index is 12.0. The van der Waals surface area contributed by atoms with E-state index in [0.717, 1.165) is 18.4 Å². The van der Waals surface area contributed by atoms with Gasteiger partial charge < -0.3 is 14.6 Å². The van der Waals surface area contributed by atoms with Crippen LogP contribution in [0.2, 0.25) is 0 Å². The Bertz CT molecular complexity index is 542. The van der Waals surface area contributed by atoms with Crippen molar-refractivity contribution in [2.45, 2.75) is 25.0 Å². The lowest BCUT2D eigenvalue weighted by Crippen LogP contribution is -2.41. The molecule has 0 spiro atoms. The highest BCUT2D eigenvalue weighted by molar-refractivity contribution is 5.96. The maximum atomic E-state index is 12.0. The van der Waals surface area contributed by atoms with Crippen LogP contribution in [0.25, 0.3) is 0 Å². The normalized spacial score (nSPS) is 31.0. The number of carbonyl (C=O) groups is 1. The lowest BCUT2D eigenvalue weighted by Gasteiger charge is -2.30. The van der Waals surface area contributed by atoms with Gasteiger partial charge in [-0.2, -0.15) is 0 Å². The van der Waals surface area contributed by atoms with Crippen molar-refractivity contribution in [3.63, 3.8) is 0 Å². The van der Waals surface area contributed by atoms with Gasteiger partial charge in [0.25, 0.3) is 0 Å². The lowest BCUT2D eigenvalue weighted by atomic mass is 9.94. The number of aliphatic hydroxyl groups excluding tert-OH is 1. The second-order valence-electron chi connectivity index (χ2n) is 5.61. The Morgan fingerprint density at radius 2 is 2.14 bits per heavy atom. The van der Waals surface area contributed by atoms with E-state index in [4.69, 9.17) is 9.47 Å². The van der Waals surface area contributed by atoms with E-state index in [9.17, 15) is 9.90 Å². The zero-order chi connectivity index (χ0) is 14.8. The van der Waals surface area contributed by atoms with Crippen molar-refractivity contribution in [2.75, 3.05) is 13.7 Å². The third kappa shape index (κ3) is 2.65. The van der Waals surface area contributed by atoms with Crippen LogP contribution in [-0.4, -0.2) is 42.8 Å². The molecule has 5 nitrogen and oxygen atoms in total. The molecule has 0 saturated heterocycles. The molecule has 1 fully saturated rings. The molecule has 4 atom stereocenters. The van der Waals surface area contributed by atoms with Gasteiger partial charge in [-0.3, -0.25) is 0 Å². The van der Waals surface area contributed by atoms with Crippen molar-refractivity contribution in [3.8, 4) is 0 Å². The molecule has 1 heterocycles. The minimum absolute atomic E-state index is 0.0120. The van der Waals surface area contributed by atoms with Crippen molar-refractivity contribution in [1.29, 1.82) is 0 Å². The van der Waals surface area contributed by atoms with Crippen LogP contribution in [0.1, 0.15) is 18.4 Å². The van der Waals surface area contributed by atoms with Gasteiger partial charge in [0, 0.05) is 18.1 Å². The summed E-state index contributed by atoms with van der Waals surface area (Å²) >= 11 is 0. The van der Waals surface area contributed by atoms with Gasteiger partial charge in [-0.05, 0) is 30.9 Å². The standard InChI is InChI=1S/C16H19NO4/c1-20-16(19)14-12-7-10(9-18)8-13(12)21-15(17-14)11-5-3-2-4-6-11/h2-6,10,12-14,18H,7-9H2,1H3/t10-,12+,13-,14+/m0/s1. The Hall–Kier alpha value is -1.88. The first-order valence-corrected chi connectivity index (χ1v) is 7.21. The van der Waals surface area contributed by atoms with Gasteiger partial charge in [-0.15, -0.1) is 0 Å². The Balaban J connectivity index is 1.92. The number of aliphatic imine (C=N–C) groups is 1. The van der Waals surface area contributed by atoms with E-state index in [-0.39, 0.29) is 30.5 Å². The molecule has 1 aliphatic heterocycles. The number of fused-ring (bicyclic) bond motifs is 1. The Morgan fingerprint density at radius 1 is 1.38 bits per heavy atom. The van der Waals surface area contributed by atoms with Gasteiger partial charge >= 0.3 is 5.97 Å². The molecule has 112 valence electrons. The number of hydrogen-bond donors (Lipinski definition) is 1. The topological polar surface area (TPSA) is 68.1 Å². The second-order valence-corrected chi connectivity index (χ2v) is 5.61. The van der Waals surface area contributed by atoms with E-state index in [1.165, 1.54) is 7.11 Å². The number of nitrogens with zero attached hydrogens (tertiary/aromatic N) is 1. The van der Waals surface area contributed by atoms with Crippen molar-refractivity contribution in [3.05, 3.63) is 35.9 Å². The van der Waals surface area contributed by atoms with E-state index >= 15 is 0 Å². The zero-order valence-corrected chi connectivity index (χ0v) is 11.9. The van der Waals surface area contributed by atoms with Gasteiger partial charge in [0.2, 0.25) is 5.90 Å². The van der Waals surface area contributed by atoms with Crippen LogP contribution in [0.15, 0.2) is 35.3 Å². The summed E-state index contributed by atoms with van der Waals surface area (Å²) in [6.45, 7) is 0.116. The fraction of sp³-hybridized carbons (Fsp3) is 0.500. The summed E-state index contributed by atoms with van der Waals surface area (Å²) in [5, 5.41) is 9.37. The van der Waals surface area contributed by atoms with E-state index in [1.807, 2.05) is 30.3 Å². The molecular weight excluding hydrogens is 270 g/mol. The molecular formula is C16H19NO4. The van der Waals surface area contributed by atoms with Gasteiger partial charge in [0.05, 0.1) is 7.11 Å². The highest BCUT2D eigenvalue weighted by Gasteiger charge is 2.46. The fourth-order valence-electron chi connectivity index (χ4n) is 3.22. The molecule has 0 bridgehead atoms. The van der Waals surface area contributed by atoms with Crippen LogP contribution in [0.5, 0.6) is 0 Å². The molecule has 1 aromatic carbocycles. The first kappa shape index (κ1) is 14.1. The lowest BCUT2D eigenvalue weighted by molar-refractivity contribution is -0.144. The summed E-state index contributed by atoms with van der Waals surface area (Å²) in [4.78, 5) is 16.5. The molecule has 0 amide bonds. The van der Waals surface area contributed by atoms with Crippen molar-refractivity contribution in [2.24, 2.45) is 16.8 Å². The molecule has 1 saturated carbocycles. The first-order chi connectivity index (χ1) is 10.2. The molecule has 1 N–H and O–H groups in total. The minimum atomic E-state index is -0.541. The number of carbonyl (C=O) groups excluding carboxylic acids is 1. The summed E-state index contributed by atoms with van der Waals surface area (Å²) in [6.07, 6.45) is 1.41. The highest BCUT2D eigenvalue weighted by atomic mass is 16.5. The molecule has 1 aromatic rings. The molecule has 5 heteroatoms. The predicted molar refractivity (Wildman–Crippen MR) is 77.0 cm³/mol. The predicted octanol–water partition coefficient (Wildman–Crippen LogP) is 1.39. The van der Waals surface area contributed by atoms with Crippen molar-refractivity contribution >= 4 is 11.9 Å². The molecule has 0 aromatic heterocycles. The number of esters is 1. The zero-order valence-electron chi connectivity index (χ0n) is 11.9. The Kier molecular flexibility index (Phi) is 3.92. The molecule has 3 rings (SSSR count). The van der Waals surface area contributed by atoms with E-state index in [2.05, 4.69) is 4.99 Å². The van der Waals surface area contributed by atoms with Gasteiger partial charge in [0.15, 0.2) is 6.04 Å². The number of benzene rings is 1. The van der Waals surface area contributed by atoms with E-state index in [0.29, 0.717) is 5.90 Å². The molecule has 0 unspecified atom stereocenters. The van der Waals surface area contributed by atoms with E-state index < -0.39 is 6.04 Å². The van der Waals surface area contributed by atoms with Gasteiger partial charge in [-0.1, -0.05) is 18.2 Å². The smallest absolute Gasteiger partial charge is 0.331 e. The largest absolute Gasteiger partial charge is 0.474 e. The monoisotopic (exact) mass is 289 g/mol. The summed E-state index contributed by atoms with van der Waals surface area (Å²) in [7, 11) is 1.38. The molecule has 21 heavy (non-hydrogen) atoms. The minimum Gasteiger partial charge on any atom is -0.474 e. The summed E-state index contributed by atoms with van der Waals surface area (Å²) in [5.74, 6) is 0.311. The van der Waals surface area contributed by atoms with Gasteiger partial charge in [0.1, 0.15) is 6.10 Å². The number of hydrogen-bond acceptors (Lipinski definition) is 5. The van der Waals surface area contributed by atoms with Crippen molar-refractivity contribution in [1.82, 2.24) is 0 Å². The third-order valence-electron chi connectivity index (χ3n) is 4.30.